The second-order valence-electron chi connectivity index (χ2n) is 5.26. The van der Waals surface area contributed by atoms with E-state index >= 15 is 0 Å². The third kappa shape index (κ3) is 5.87. The van der Waals surface area contributed by atoms with E-state index < -0.39 is 28.0 Å². The Morgan fingerprint density at radius 1 is 1.20 bits per heavy atom. The van der Waals surface area contributed by atoms with Crippen LogP contribution in [0.1, 0.15) is 22.2 Å². The van der Waals surface area contributed by atoms with Crippen LogP contribution in [0.2, 0.25) is 0 Å². The number of sulfonamides is 1. The lowest BCUT2D eigenvalue weighted by Gasteiger charge is -2.15. The van der Waals surface area contributed by atoms with Gasteiger partial charge in [0.05, 0.1) is 24.1 Å². The van der Waals surface area contributed by atoms with Crippen LogP contribution in [0, 0.1) is 0 Å². The number of ether oxygens (including phenoxy) is 1. The Morgan fingerprint density at radius 2 is 1.92 bits per heavy atom. The highest BCUT2D eigenvalue weighted by atomic mass is 32.2. The summed E-state index contributed by atoms with van der Waals surface area (Å²) in [6.45, 7) is 1.80. The largest absolute Gasteiger partial charge is 0.449 e. The van der Waals surface area contributed by atoms with Crippen molar-refractivity contribution in [2.45, 2.75) is 19.6 Å². The predicted molar refractivity (Wildman–Crippen MR) is 96.0 cm³/mol. The highest BCUT2D eigenvalue weighted by Crippen LogP contribution is 2.18. The van der Waals surface area contributed by atoms with Crippen LogP contribution in [0.5, 0.6) is 0 Å². The molecule has 1 heterocycles. The van der Waals surface area contributed by atoms with E-state index in [2.05, 4.69) is 10.0 Å². The number of esters is 1. The summed E-state index contributed by atoms with van der Waals surface area (Å²) in [5.41, 5.74) is 0.132. The number of benzene rings is 1. The van der Waals surface area contributed by atoms with E-state index in [0.717, 1.165) is 11.1 Å². The van der Waals surface area contributed by atoms with Gasteiger partial charge in [0.15, 0.2) is 6.10 Å². The first-order chi connectivity index (χ1) is 11.8. The normalized spacial score (nSPS) is 12.2. The number of amides is 1. The number of rotatable bonds is 7. The fourth-order valence-corrected chi connectivity index (χ4v) is 3.18. The Hall–Kier alpha value is -2.39. The lowest BCUT2D eigenvalue weighted by atomic mass is 10.2. The summed E-state index contributed by atoms with van der Waals surface area (Å²) in [7, 11) is -3.55. The molecule has 25 heavy (non-hydrogen) atoms. The van der Waals surface area contributed by atoms with Crippen molar-refractivity contribution in [3.8, 4) is 0 Å². The first kappa shape index (κ1) is 18.9. The third-order valence-electron chi connectivity index (χ3n) is 3.11. The molecule has 0 aliphatic rings. The smallest absolute Gasteiger partial charge is 0.341 e. The van der Waals surface area contributed by atoms with E-state index in [9.17, 15) is 18.0 Å². The van der Waals surface area contributed by atoms with Gasteiger partial charge in [-0.1, -0.05) is 18.2 Å². The molecule has 1 aromatic heterocycles. The van der Waals surface area contributed by atoms with Crippen LogP contribution >= 0.6 is 11.3 Å². The Bertz CT molecular complexity index is 847. The van der Waals surface area contributed by atoms with Crippen molar-refractivity contribution in [1.29, 1.82) is 0 Å². The summed E-state index contributed by atoms with van der Waals surface area (Å²) >= 11 is 1.51. The van der Waals surface area contributed by atoms with Crippen molar-refractivity contribution in [2.75, 3.05) is 11.0 Å². The zero-order valence-corrected chi connectivity index (χ0v) is 15.3. The van der Waals surface area contributed by atoms with Gasteiger partial charge in [0, 0.05) is 4.88 Å². The van der Waals surface area contributed by atoms with Gasteiger partial charge in [-0.05, 0) is 30.5 Å². The van der Waals surface area contributed by atoms with Gasteiger partial charge < -0.3 is 10.1 Å². The Labute approximate surface area is 150 Å². The number of para-hydroxylation sites is 1. The molecular formula is C16H18N2O5S2. The summed E-state index contributed by atoms with van der Waals surface area (Å²) < 4.78 is 30.1. The van der Waals surface area contributed by atoms with Crippen LogP contribution in [0.4, 0.5) is 5.69 Å². The van der Waals surface area contributed by atoms with Crippen LogP contribution in [0.15, 0.2) is 41.8 Å². The van der Waals surface area contributed by atoms with E-state index in [1.165, 1.54) is 30.4 Å². The minimum atomic E-state index is -3.55. The van der Waals surface area contributed by atoms with Gasteiger partial charge in [-0.3, -0.25) is 9.52 Å². The average Bonchev–Trinajstić information content (AvgIpc) is 3.04. The first-order valence-corrected chi connectivity index (χ1v) is 10.1. The molecule has 7 nitrogen and oxygen atoms in total. The number of hydrogen-bond acceptors (Lipinski definition) is 6. The van der Waals surface area contributed by atoms with Gasteiger partial charge in [0.2, 0.25) is 10.0 Å². The molecule has 1 atom stereocenters. The number of nitrogens with one attached hydrogen (secondary N) is 2. The molecule has 0 bridgehead atoms. The van der Waals surface area contributed by atoms with Crippen molar-refractivity contribution in [1.82, 2.24) is 5.32 Å². The molecule has 0 saturated carbocycles. The molecule has 0 fully saturated rings. The van der Waals surface area contributed by atoms with Gasteiger partial charge in [0.25, 0.3) is 5.91 Å². The van der Waals surface area contributed by atoms with Gasteiger partial charge >= 0.3 is 5.97 Å². The quantitative estimate of drug-likeness (QED) is 0.713. The van der Waals surface area contributed by atoms with E-state index in [1.807, 2.05) is 17.5 Å². The van der Waals surface area contributed by atoms with E-state index in [1.54, 1.807) is 12.1 Å². The van der Waals surface area contributed by atoms with Crippen molar-refractivity contribution in [3.05, 3.63) is 52.2 Å². The highest BCUT2D eigenvalue weighted by Gasteiger charge is 2.21. The fourth-order valence-electron chi connectivity index (χ4n) is 1.96. The maximum absolute atomic E-state index is 12.3. The molecule has 1 unspecified atom stereocenters. The standard InChI is InChI=1S/C16H18N2O5S2/c1-11(15(19)17-10-12-6-5-9-24-12)23-16(20)13-7-3-4-8-14(13)18-25(2,21)22/h3-9,11,18H,10H2,1-2H3,(H,17,19). The molecule has 2 rings (SSSR count). The van der Waals surface area contributed by atoms with Gasteiger partial charge in [-0.25, -0.2) is 13.2 Å². The van der Waals surface area contributed by atoms with Crippen LogP contribution in [-0.4, -0.2) is 32.7 Å². The van der Waals surface area contributed by atoms with Crippen molar-refractivity contribution in [3.63, 3.8) is 0 Å². The van der Waals surface area contributed by atoms with Crippen molar-refractivity contribution < 1.29 is 22.7 Å². The molecule has 0 saturated heterocycles. The molecule has 9 heteroatoms. The van der Waals surface area contributed by atoms with Gasteiger partial charge in [0.1, 0.15) is 0 Å². The Morgan fingerprint density at radius 3 is 2.56 bits per heavy atom. The third-order valence-corrected chi connectivity index (χ3v) is 4.58. The van der Waals surface area contributed by atoms with Crippen LogP contribution in [-0.2, 0) is 26.1 Å². The predicted octanol–water partition coefficient (Wildman–Crippen LogP) is 1.98. The second kappa shape index (κ2) is 8.13. The lowest BCUT2D eigenvalue weighted by Crippen LogP contribution is -2.35. The van der Waals surface area contributed by atoms with Gasteiger partial charge in [-0.2, -0.15) is 0 Å². The van der Waals surface area contributed by atoms with Crippen LogP contribution < -0.4 is 10.0 Å². The molecule has 0 aliphatic heterocycles. The zero-order chi connectivity index (χ0) is 18.4. The molecule has 2 N–H and O–H groups in total. The summed E-state index contributed by atoms with van der Waals surface area (Å²) in [5, 5.41) is 4.58. The number of carbonyl (C=O) groups excluding carboxylic acids is 2. The summed E-state index contributed by atoms with van der Waals surface area (Å²) in [4.78, 5) is 25.3. The Balaban J connectivity index is 2.00. The van der Waals surface area contributed by atoms with Crippen LogP contribution in [0.3, 0.4) is 0 Å². The topological polar surface area (TPSA) is 102 Å². The molecule has 1 amide bonds. The lowest BCUT2D eigenvalue weighted by molar-refractivity contribution is -0.129. The molecule has 1 aromatic carbocycles. The summed E-state index contributed by atoms with van der Waals surface area (Å²) in [6, 6.07) is 9.79. The first-order valence-electron chi connectivity index (χ1n) is 7.34. The molecule has 0 radical (unpaired) electrons. The average molecular weight is 382 g/mol. The SMILES string of the molecule is CC(OC(=O)c1ccccc1NS(C)(=O)=O)C(=O)NCc1cccs1. The Kier molecular flexibility index (Phi) is 6.16. The van der Waals surface area contributed by atoms with Crippen molar-refractivity contribution in [2.24, 2.45) is 0 Å². The fraction of sp³-hybridized carbons (Fsp3) is 0.250. The molecule has 134 valence electrons. The van der Waals surface area contributed by atoms with E-state index in [-0.39, 0.29) is 11.3 Å². The van der Waals surface area contributed by atoms with E-state index in [0.29, 0.717) is 6.54 Å². The monoisotopic (exact) mass is 382 g/mol. The van der Waals surface area contributed by atoms with E-state index in [4.69, 9.17) is 4.74 Å². The summed E-state index contributed by atoms with van der Waals surface area (Å²) in [6.07, 6.45) is -0.0331. The number of hydrogen-bond donors (Lipinski definition) is 2. The van der Waals surface area contributed by atoms with Crippen molar-refractivity contribution >= 4 is 38.9 Å². The number of anilines is 1. The zero-order valence-electron chi connectivity index (χ0n) is 13.7. The minimum Gasteiger partial charge on any atom is -0.449 e. The second-order valence-corrected chi connectivity index (χ2v) is 8.05. The highest BCUT2D eigenvalue weighted by molar-refractivity contribution is 7.92. The maximum Gasteiger partial charge on any atom is 0.341 e. The number of thiophene rings is 1. The minimum absolute atomic E-state index is 0.0332. The molecular weight excluding hydrogens is 364 g/mol. The molecule has 0 aliphatic carbocycles. The number of carbonyl (C=O) groups is 2. The van der Waals surface area contributed by atoms with Crippen LogP contribution in [0.25, 0.3) is 0 Å². The summed E-state index contributed by atoms with van der Waals surface area (Å²) in [5.74, 6) is -1.22. The maximum atomic E-state index is 12.3. The molecule has 0 spiro atoms. The molecule has 2 aromatic rings. The van der Waals surface area contributed by atoms with Gasteiger partial charge in [-0.15, -0.1) is 11.3 Å².